The molecule has 0 unspecified atom stereocenters. The number of aryl methyl sites for hydroxylation is 1. The average Bonchev–Trinajstić information content (AvgIpc) is 3.54. The highest BCUT2D eigenvalue weighted by Gasteiger charge is 2.15. The first-order chi connectivity index (χ1) is 16.6. The summed E-state index contributed by atoms with van der Waals surface area (Å²) in [7, 11) is 1.92. The number of benzene rings is 1. The molecule has 0 saturated carbocycles. The van der Waals surface area contributed by atoms with Gasteiger partial charge in [0.2, 0.25) is 0 Å². The van der Waals surface area contributed by atoms with Gasteiger partial charge in [-0.1, -0.05) is 29.4 Å². The van der Waals surface area contributed by atoms with Crippen LogP contribution in [0, 0.1) is 6.92 Å². The van der Waals surface area contributed by atoms with Gasteiger partial charge in [-0.05, 0) is 31.7 Å². The molecule has 8 nitrogen and oxygen atoms in total. The summed E-state index contributed by atoms with van der Waals surface area (Å²) in [4.78, 5) is 21.6. The largest absolute Gasteiger partial charge is 0.472 e. The minimum atomic E-state index is -0.106. The Morgan fingerprint density at radius 2 is 1.85 bits per heavy atom. The zero-order valence-electron chi connectivity index (χ0n) is 18.9. The predicted molar refractivity (Wildman–Crippen MR) is 130 cm³/mol. The lowest BCUT2D eigenvalue weighted by atomic mass is 10.1. The molecule has 0 aliphatic heterocycles. The molecule has 0 atom stereocenters. The van der Waals surface area contributed by atoms with E-state index in [1.807, 2.05) is 38.2 Å². The average molecular weight is 456 g/mol. The Morgan fingerprint density at radius 1 is 1.03 bits per heavy atom. The SMILES string of the molecule is CNCc1ccc(-c2cc(-c3nc(-c4ccc(=O)n(Cc5ccoc5)c4)cnc3C)on2)cc1.[HH]. The fourth-order valence-corrected chi connectivity index (χ4v) is 3.73. The van der Waals surface area contributed by atoms with E-state index in [2.05, 4.69) is 27.6 Å². The van der Waals surface area contributed by atoms with Crippen molar-refractivity contribution in [2.45, 2.75) is 20.0 Å². The van der Waals surface area contributed by atoms with Gasteiger partial charge < -0.3 is 18.8 Å². The molecule has 0 aliphatic carbocycles. The van der Waals surface area contributed by atoms with Gasteiger partial charge in [-0.2, -0.15) is 0 Å². The van der Waals surface area contributed by atoms with E-state index in [9.17, 15) is 4.79 Å². The first-order valence-corrected chi connectivity index (χ1v) is 10.9. The molecule has 0 spiro atoms. The van der Waals surface area contributed by atoms with Crippen LogP contribution in [0.2, 0.25) is 0 Å². The second kappa shape index (κ2) is 9.29. The maximum absolute atomic E-state index is 12.3. The van der Waals surface area contributed by atoms with Gasteiger partial charge in [-0.3, -0.25) is 9.78 Å². The van der Waals surface area contributed by atoms with E-state index < -0.39 is 0 Å². The summed E-state index contributed by atoms with van der Waals surface area (Å²) >= 11 is 0. The zero-order chi connectivity index (χ0) is 23.5. The molecular formula is C26H25N5O3. The second-order valence-corrected chi connectivity index (χ2v) is 8.01. The molecule has 4 heterocycles. The third-order valence-corrected chi connectivity index (χ3v) is 5.54. The smallest absolute Gasteiger partial charge is 0.250 e. The zero-order valence-corrected chi connectivity index (χ0v) is 18.9. The molecule has 0 saturated heterocycles. The quantitative estimate of drug-likeness (QED) is 0.385. The Hall–Kier alpha value is -4.30. The third-order valence-electron chi connectivity index (χ3n) is 5.54. The fraction of sp³-hybridized carbons (Fsp3) is 0.154. The van der Waals surface area contributed by atoms with Crippen molar-refractivity contribution in [3.8, 4) is 34.0 Å². The number of pyridine rings is 1. The maximum Gasteiger partial charge on any atom is 0.250 e. The van der Waals surface area contributed by atoms with Crippen LogP contribution in [0.4, 0.5) is 0 Å². The Bertz CT molecular complexity index is 1470. The van der Waals surface area contributed by atoms with Gasteiger partial charge in [0, 0.05) is 43.0 Å². The van der Waals surface area contributed by atoms with E-state index >= 15 is 0 Å². The van der Waals surface area contributed by atoms with Crippen molar-refractivity contribution in [3.05, 3.63) is 101 Å². The van der Waals surface area contributed by atoms with Crippen LogP contribution in [0.15, 0.2) is 87.2 Å². The molecule has 5 aromatic rings. The van der Waals surface area contributed by atoms with Crippen molar-refractivity contribution in [2.24, 2.45) is 0 Å². The van der Waals surface area contributed by atoms with Gasteiger partial charge in [-0.15, -0.1) is 0 Å². The summed E-state index contributed by atoms with van der Waals surface area (Å²) in [5, 5.41) is 7.38. The summed E-state index contributed by atoms with van der Waals surface area (Å²) in [6.45, 7) is 3.09. The number of nitrogens with one attached hydrogen (secondary N) is 1. The van der Waals surface area contributed by atoms with Crippen molar-refractivity contribution in [1.29, 1.82) is 0 Å². The van der Waals surface area contributed by atoms with Crippen molar-refractivity contribution in [1.82, 2.24) is 25.0 Å². The summed E-state index contributed by atoms with van der Waals surface area (Å²) in [5.41, 5.74) is 6.42. The van der Waals surface area contributed by atoms with Crippen LogP contribution in [0.5, 0.6) is 0 Å². The molecule has 0 aliphatic rings. The van der Waals surface area contributed by atoms with E-state index in [1.165, 1.54) is 11.6 Å². The highest BCUT2D eigenvalue weighted by Crippen LogP contribution is 2.28. The number of rotatable bonds is 7. The number of hydrogen-bond donors (Lipinski definition) is 1. The van der Waals surface area contributed by atoms with Crippen molar-refractivity contribution in [3.63, 3.8) is 0 Å². The second-order valence-electron chi connectivity index (χ2n) is 8.01. The van der Waals surface area contributed by atoms with Crippen molar-refractivity contribution < 1.29 is 10.4 Å². The molecule has 0 radical (unpaired) electrons. The van der Waals surface area contributed by atoms with E-state index in [0.29, 0.717) is 23.7 Å². The van der Waals surface area contributed by atoms with E-state index in [4.69, 9.17) is 13.9 Å². The lowest BCUT2D eigenvalue weighted by Crippen LogP contribution is -2.19. The molecule has 34 heavy (non-hydrogen) atoms. The molecule has 8 heteroatoms. The van der Waals surface area contributed by atoms with Crippen LogP contribution in [0.3, 0.4) is 0 Å². The van der Waals surface area contributed by atoms with Crippen molar-refractivity contribution >= 4 is 0 Å². The van der Waals surface area contributed by atoms with Gasteiger partial charge in [0.15, 0.2) is 5.76 Å². The molecule has 0 fully saturated rings. The molecule has 4 aromatic heterocycles. The number of aromatic nitrogens is 4. The summed E-state index contributed by atoms with van der Waals surface area (Å²) in [6.07, 6.45) is 6.68. The minimum Gasteiger partial charge on any atom is -0.472 e. The first-order valence-electron chi connectivity index (χ1n) is 10.9. The molecule has 172 valence electrons. The Balaban J connectivity index is 0.00000289. The van der Waals surface area contributed by atoms with E-state index in [0.717, 1.165) is 34.6 Å². The minimum absolute atomic E-state index is 0. The number of furan rings is 1. The first kappa shape index (κ1) is 21.5. The lowest BCUT2D eigenvalue weighted by Gasteiger charge is -2.08. The Kier molecular flexibility index (Phi) is 5.88. The molecule has 5 rings (SSSR count). The normalized spacial score (nSPS) is 11.1. The van der Waals surface area contributed by atoms with Crippen LogP contribution in [0.1, 0.15) is 18.2 Å². The highest BCUT2D eigenvalue weighted by atomic mass is 16.5. The van der Waals surface area contributed by atoms with E-state index in [1.54, 1.807) is 35.6 Å². The van der Waals surface area contributed by atoms with Crippen LogP contribution >= 0.6 is 0 Å². The summed E-state index contributed by atoms with van der Waals surface area (Å²) in [5.74, 6) is 0.535. The maximum atomic E-state index is 12.3. The Labute approximate surface area is 197 Å². The number of nitrogens with zero attached hydrogens (tertiary/aromatic N) is 4. The van der Waals surface area contributed by atoms with Crippen molar-refractivity contribution in [2.75, 3.05) is 7.05 Å². The van der Waals surface area contributed by atoms with Crippen LogP contribution in [-0.4, -0.2) is 26.7 Å². The summed E-state index contributed by atoms with van der Waals surface area (Å²) in [6, 6.07) is 15.1. The van der Waals surface area contributed by atoms with Gasteiger partial charge >= 0.3 is 0 Å². The molecule has 1 N–H and O–H groups in total. The lowest BCUT2D eigenvalue weighted by molar-refractivity contribution is 0.433. The monoisotopic (exact) mass is 455 g/mol. The molecule has 0 bridgehead atoms. The topological polar surface area (TPSA) is 99.0 Å². The van der Waals surface area contributed by atoms with Gasteiger partial charge in [0.25, 0.3) is 5.56 Å². The van der Waals surface area contributed by atoms with Gasteiger partial charge in [0.1, 0.15) is 11.4 Å². The molecular weight excluding hydrogens is 430 g/mol. The van der Waals surface area contributed by atoms with Gasteiger partial charge in [-0.25, -0.2) is 4.98 Å². The Morgan fingerprint density at radius 3 is 2.62 bits per heavy atom. The fourth-order valence-electron chi connectivity index (χ4n) is 3.73. The molecule has 0 amide bonds. The van der Waals surface area contributed by atoms with Crippen LogP contribution < -0.4 is 10.9 Å². The van der Waals surface area contributed by atoms with E-state index in [-0.39, 0.29) is 6.99 Å². The third kappa shape index (κ3) is 4.44. The van der Waals surface area contributed by atoms with Crippen LogP contribution in [-0.2, 0) is 13.1 Å². The number of hydrogen-bond acceptors (Lipinski definition) is 7. The van der Waals surface area contributed by atoms with Crippen LogP contribution in [0.25, 0.3) is 34.0 Å². The predicted octanol–water partition coefficient (Wildman–Crippen LogP) is 4.54. The highest BCUT2D eigenvalue weighted by molar-refractivity contribution is 5.68. The summed E-state index contributed by atoms with van der Waals surface area (Å²) < 4.78 is 12.4. The standard InChI is InChI=1S/C26H23N5O3.H2/c1-17-26(24-11-22(30-34-24)20-5-3-18(4-6-20)12-27-2)29-23(13-28-17)21-7-8-25(32)31(15-21)14-19-9-10-33-16-19;/h3-11,13,15-16,27H,12,14H2,1-2H3;1H. The molecule has 1 aromatic carbocycles. The van der Waals surface area contributed by atoms with Gasteiger partial charge in [0.05, 0.1) is 36.7 Å².